The number of benzene rings is 2. The number of nitrogens with zero attached hydrogens (tertiary/aromatic N) is 2. The van der Waals surface area contributed by atoms with E-state index in [0.717, 1.165) is 17.9 Å². The van der Waals surface area contributed by atoms with E-state index in [-0.39, 0.29) is 5.78 Å². The highest BCUT2D eigenvalue weighted by Gasteiger charge is 2.02. The van der Waals surface area contributed by atoms with Crippen LogP contribution in [0.25, 0.3) is 0 Å². The van der Waals surface area contributed by atoms with Gasteiger partial charge in [0.2, 0.25) is 0 Å². The summed E-state index contributed by atoms with van der Waals surface area (Å²) in [6.45, 7) is 2.31. The summed E-state index contributed by atoms with van der Waals surface area (Å²) in [7, 11) is 0. The van der Waals surface area contributed by atoms with Gasteiger partial charge in [-0.15, -0.1) is 0 Å². The molecule has 0 aliphatic heterocycles. The van der Waals surface area contributed by atoms with Gasteiger partial charge >= 0.3 is 0 Å². The van der Waals surface area contributed by atoms with Crippen LogP contribution in [-0.4, -0.2) is 15.6 Å². The molecule has 0 radical (unpaired) electrons. The van der Waals surface area contributed by atoms with Crippen molar-refractivity contribution in [1.29, 1.82) is 0 Å². The minimum absolute atomic E-state index is 0.0715. The second kappa shape index (κ2) is 6.26. The van der Waals surface area contributed by atoms with E-state index in [1.54, 1.807) is 13.1 Å². The monoisotopic (exact) mass is 291 g/mol. The molecular weight excluding hydrogens is 274 g/mol. The van der Waals surface area contributed by atoms with Gasteiger partial charge in [-0.3, -0.25) is 9.48 Å². The highest BCUT2D eigenvalue weighted by molar-refractivity contribution is 5.94. The molecule has 0 bridgehead atoms. The molecule has 0 unspecified atom stereocenters. The van der Waals surface area contributed by atoms with Crippen molar-refractivity contribution < 1.29 is 4.79 Å². The quantitative estimate of drug-likeness (QED) is 0.726. The zero-order valence-corrected chi connectivity index (χ0v) is 12.4. The summed E-state index contributed by atoms with van der Waals surface area (Å²) < 4.78 is 1.89. The van der Waals surface area contributed by atoms with E-state index in [0.29, 0.717) is 5.56 Å². The van der Waals surface area contributed by atoms with E-state index in [2.05, 4.69) is 22.5 Å². The summed E-state index contributed by atoms with van der Waals surface area (Å²) in [6.07, 6.45) is 3.76. The number of nitrogens with one attached hydrogen (secondary N) is 1. The Bertz CT molecular complexity index is 761. The van der Waals surface area contributed by atoms with E-state index >= 15 is 0 Å². The summed E-state index contributed by atoms with van der Waals surface area (Å²) in [5.74, 6) is 0.0715. The SMILES string of the molecule is CC(=O)c1ccc(Nc2cnn(Cc3ccccc3)c2)cc1. The van der Waals surface area contributed by atoms with E-state index in [1.165, 1.54) is 5.56 Å². The summed E-state index contributed by atoms with van der Waals surface area (Å²) in [5, 5.41) is 7.64. The van der Waals surface area contributed by atoms with Crippen molar-refractivity contribution in [2.45, 2.75) is 13.5 Å². The Kier molecular flexibility index (Phi) is 4.01. The maximum absolute atomic E-state index is 11.3. The van der Waals surface area contributed by atoms with Gasteiger partial charge in [0, 0.05) is 17.4 Å². The van der Waals surface area contributed by atoms with Gasteiger partial charge in [0.1, 0.15) is 0 Å². The largest absolute Gasteiger partial charge is 0.353 e. The molecule has 1 N–H and O–H groups in total. The first-order valence-corrected chi connectivity index (χ1v) is 7.15. The Morgan fingerprint density at radius 2 is 1.77 bits per heavy atom. The first-order chi connectivity index (χ1) is 10.7. The Morgan fingerprint density at radius 1 is 1.05 bits per heavy atom. The number of carbonyl (C=O) groups excluding carboxylic acids is 1. The first-order valence-electron chi connectivity index (χ1n) is 7.15. The number of hydrogen-bond donors (Lipinski definition) is 1. The smallest absolute Gasteiger partial charge is 0.159 e. The Hall–Kier alpha value is -2.88. The van der Waals surface area contributed by atoms with E-state index < -0.39 is 0 Å². The maximum Gasteiger partial charge on any atom is 0.159 e. The van der Waals surface area contributed by atoms with Crippen molar-refractivity contribution in [1.82, 2.24) is 9.78 Å². The number of hydrogen-bond acceptors (Lipinski definition) is 3. The van der Waals surface area contributed by atoms with Gasteiger partial charge < -0.3 is 5.32 Å². The zero-order chi connectivity index (χ0) is 15.4. The van der Waals surface area contributed by atoms with Crippen LogP contribution in [0.4, 0.5) is 11.4 Å². The van der Waals surface area contributed by atoms with Gasteiger partial charge in [-0.25, -0.2) is 0 Å². The third-order valence-electron chi connectivity index (χ3n) is 3.40. The number of carbonyl (C=O) groups is 1. The molecule has 4 nitrogen and oxygen atoms in total. The normalized spacial score (nSPS) is 10.4. The van der Waals surface area contributed by atoms with Crippen molar-refractivity contribution in [3.8, 4) is 0 Å². The topological polar surface area (TPSA) is 46.9 Å². The number of Topliss-reactive ketones (excluding diaryl/α,β-unsaturated/α-hetero) is 1. The molecule has 22 heavy (non-hydrogen) atoms. The predicted molar refractivity (Wildman–Crippen MR) is 87.5 cm³/mol. The Morgan fingerprint density at radius 3 is 2.45 bits per heavy atom. The highest BCUT2D eigenvalue weighted by Crippen LogP contribution is 2.17. The highest BCUT2D eigenvalue weighted by atomic mass is 16.1. The van der Waals surface area contributed by atoms with E-state index in [9.17, 15) is 4.79 Å². The van der Waals surface area contributed by atoms with Gasteiger partial charge in [0.15, 0.2) is 5.78 Å². The Labute approximate surface area is 129 Å². The molecule has 3 rings (SSSR count). The fraction of sp³-hybridized carbons (Fsp3) is 0.111. The molecule has 0 fully saturated rings. The number of ketones is 1. The van der Waals surface area contributed by atoms with Crippen LogP contribution < -0.4 is 5.32 Å². The van der Waals surface area contributed by atoms with Crippen LogP contribution in [0, 0.1) is 0 Å². The molecule has 0 atom stereocenters. The lowest BCUT2D eigenvalue weighted by Crippen LogP contribution is -1.99. The first kappa shape index (κ1) is 14.1. The second-order valence-corrected chi connectivity index (χ2v) is 5.17. The summed E-state index contributed by atoms with van der Waals surface area (Å²) >= 11 is 0. The summed E-state index contributed by atoms with van der Waals surface area (Å²) in [6, 6.07) is 17.6. The zero-order valence-electron chi connectivity index (χ0n) is 12.4. The van der Waals surface area contributed by atoms with Gasteiger partial charge in [-0.05, 0) is 36.8 Å². The lowest BCUT2D eigenvalue weighted by atomic mass is 10.1. The van der Waals surface area contributed by atoms with Crippen LogP contribution in [0.5, 0.6) is 0 Å². The molecule has 3 aromatic rings. The van der Waals surface area contributed by atoms with Crippen molar-refractivity contribution >= 4 is 17.2 Å². The fourth-order valence-electron chi connectivity index (χ4n) is 2.24. The average Bonchev–Trinajstić information content (AvgIpc) is 2.96. The van der Waals surface area contributed by atoms with Crippen molar-refractivity contribution in [2.24, 2.45) is 0 Å². The van der Waals surface area contributed by atoms with Gasteiger partial charge in [0.05, 0.1) is 18.4 Å². The third kappa shape index (κ3) is 3.41. The average molecular weight is 291 g/mol. The van der Waals surface area contributed by atoms with Crippen LogP contribution in [0.2, 0.25) is 0 Å². The summed E-state index contributed by atoms with van der Waals surface area (Å²) in [5.41, 5.74) is 3.78. The minimum Gasteiger partial charge on any atom is -0.353 e. The second-order valence-electron chi connectivity index (χ2n) is 5.17. The lowest BCUT2D eigenvalue weighted by Gasteiger charge is -2.04. The standard InChI is InChI=1S/C18H17N3O/c1-14(22)16-7-9-17(10-8-16)20-18-11-19-21(13-18)12-15-5-3-2-4-6-15/h2-11,13,20H,12H2,1H3. The van der Waals surface area contributed by atoms with Gasteiger partial charge in [-0.2, -0.15) is 5.10 Å². The lowest BCUT2D eigenvalue weighted by molar-refractivity contribution is 0.101. The van der Waals surface area contributed by atoms with Crippen molar-refractivity contribution in [3.05, 3.63) is 78.1 Å². The number of rotatable bonds is 5. The van der Waals surface area contributed by atoms with Gasteiger partial charge in [-0.1, -0.05) is 30.3 Å². The molecular formula is C18H17N3O. The van der Waals surface area contributed by atoms with Crippen molar-refractivity contribution in [2.75, 3.05) is 5.32 Å². The van der Waals surface area contributed by atoms with Crippen LogP contribution >= 0.6 is 0 Å². The molecule has 110 valence electrons. The third-order valence-corrected chi connectivity index (χ3v) is 3.40. The number of aromatic nitrogens is 2. The van der Waals surface area contributed by atoms with E-state index in [4.69, 9.17) is 0 Å². The molecule has 1 aromatic heterocycles. The molecule has 2 aromatic carbocycles. The molecule has 0 aliphatic rings. The van der Waals surface area contributed by atoms with Crippen molar-refractivity contribution in [3.63, 3.8) is 0 Å². The van der Waals surface area contributed by atoms with Gasteiger partial charge in [0.25, 0.3) is 0 Å². The summed E-state index contributed by atoms with van der Waals surface area (Å²) in [4.78, 5) is 11.3. The predicted octanol–water partition coefficient (Wildman–Crippen LogP) is 3.88. The molecule has 0 saturated carbocycles. The maximum atomic E-state index is 11.3. The van der Waals surface area contributed by atoms with Crippen LogP contribution in [0.1, 0.15) is 22.8 Å². The Balaban J connectivity index is 1.67. The molecule has 1 heterocycles. The molecule has 0 amide bonds. The van der Waals surface area contributed by atoms with E-state index in [1.807, 2.05) is 53.3 Å². The molecule has 0 spiro atoms. The minimum atomic E-state index is 0.0715. The fourth-order valence-corrected chi connectivity index (χ4v) is 2.24. The van der Waals surface area contributed by atoms with Crippen LogP contribution in [-0.2, 0) is 6.54 Å². The van der Waals surface area contributed by atoms with Crippen LogP contribution in [0.15, 0.2) is 67.0 Å². The number of anilines is 2. The molecule has 4 heteroatoms. The molecule has 0 aliphatic carbocycles. The van der Waals surface area contributed by atoms with Crippen LogP contribution in [0.3, 0.4) is 0 Å². The molecule has 0 saturated heterocycles.